The Kier molecular flexibility index (Phi) is 7.49. The van der Waals surface area contributed by atoms with Crippen molar-refractivity contribution in [2.24, 2.45) is 5.92 Å². The monoisotopic (exact) mass is 392 g/mol. The molecule has 2 aromatic rings. The predicted molar refractivity (Wildman–Crippen MR) is 121 cm³/mol. The molecule has 0 saturated carbocycles. The summed E-state index contributed by atoms with van der Waals surface area (Å²) in [7, 11) is 1.96. The molecule has 3 rings (SSSR count). The van der Waals surface area contributed by atoms with Crippen molar-refractivity contribution in [1.29, 1.82) is 0 Å². The molecule has 0 spiro atoms. The highest BCUT2D eigenvalue weighted by Gasteiger charge is 2.25. The van der Waals surface area contributed by atoms with Gasteiger partial charge in [0.05, 0.1) is 12.5 Å². The van der Waals surface area contributed by atoms with Crippen LogP contribution < -0.4 is 0 Å². The van der Waals surface area contributed by atoms with E-state index in [1.54, 1.807) is 0 Å². The van der Waals surface area contributed by atoms with Crippen molar-refractivity contribution in [3.05, 3.63) is 71.3 Å². The van der Waals surface area contributed by atoms with Crippen LogP contribution in [0, 0.1) is 5.92 Å². The maximum Gasteiger partial charge on any atom is 0.227 e. The molecule has 0 radical (unpaired) electrons. The van der Waals surface area contributed by atoms with Gasteiger partial charge in [0.1, 0.15) is 0 Å². The first-order valence-corrected chi connectivity index (χ1v) is 11.1. The smallest absolute Gasteiger partial charge is 0.227 e. The minimum absolute atomic E-state index is 0.0991. The normalized spacial score (nSPS) is 16.7. The number of hydrogen-bond donors (Lipinski definition) is 0. The number of hydrogen-bond acceptors (Lipinski definition) is 2. The third kappa shape index (κ3) is 5.70. The Morgan fingerprint density at radius 2 is 1.55 bits per heavy atom. The fourth-order valence-corrected chi connectivity index (χ4v) is 4.13. The van der Waals surface area contributed by atoms with Crippen LogP contribution in [0.1, 0.15) is 62.3 Å². The van der Waals surface area contributed by atoms with E-state index in [-0.39, 0.29) is 11.9 Å². The molecule has 1 aliphatic rings. The van der Waals surface area contributed by atoms with Gasteiger partial charge >= 0.3 is 0 Å². The maximum absolute atomic E-state index is 13.1. The number of nitrogens with zero attached hydrogens (tertiary/aromatic N) is 2. The van der Waals surface area contributed by atoms with E-state index in [2.05, 4.69) is 74.2 Å². The lowest BCUT2D eigenvalue weighted by molar-refractivity contribution is -0.131. The zero-order valence-electron chi connectivity index (χ0n) is 18.5. The van der Waals surface area contributed by atoms with E-state index < -0.39 is 0 Å². The predicted octanol–water partition coefficient (Wildman–Crippen LogP) is 5.28. The zero-order valence-corrected chi connectivity index (χ0v) is 18.5. The largest absolute Gasteiger partial charge is 0.337 e. The standard InChI is InChI=1S/C26H36N2O/c1-20(2)21(3)23-14-12-22(13-15-23)18-26(29)27(4)25(19-28-16-8-9-17-28)24-10-6-5-7-11-24/h5-7,10-15,20-21,25H,8-9,16-19H2,1-4H3/t21-,25+/m0/s1. The second-order valence-electron chi connectivity index (χ2n) is 8.89. The average Bonchev–Trinajstić information content (AvgIpc) is 3.25. The molecule has 0 aromatic heterocycles. The highest BCUT2D eigenvalue weighted by atomic mass is 16.2. The first kappa shape index (κ1) is 21.6. The Morgan fingerprint density at radius 3 is 2.14 bits per heavy atom. The van der Waals surface area contributed by atoms with Gasteiger partial charge in [-0.3, -0.25) is 4.79 Å². The number of rotatable bonds is 8. The summed E-state index contributed by atoms with van der Waals surface area (Å²) in [6.07, 6.45) is 2.98. The van der Waals surface area contributed by atoms with Gasteiger partial charge < -0.3 is 9.80 Å². The van der Waals surface area contributed by atoms with Gasteiger partial charge in [-0.15, -0.1) is 0 Å². The summed E-state index contributed by atoms with van der Waals surface area (Å²) in [5, 5.41) is 0. The molecule has 29 heavy (non-hydrogen) atoms. The van der Waals surface area contributed by atoms with Gasteiger partial charge in [-0.1, -0.05) is 75.4 Å². The van der Waals surface area contributed by atoms with Crippen molar-refractivity contribution in [3.63, 3.8) is 0 Å². The van der Waals surface area contributed by atoms with E-state index in [9.17, 15) is 4.79 Å². The molecular formula is C26H36N2O. The van der Waals surface area contributed by atoms with Crippen molar-refractivity contribution in [3.8, 4) is 0 Å². The fraction of sp³-hybridized carbons (Fsp3) is 0.500. The summed E-state index contributed by atoms with van der Waals surface area (Å²) in [5.41, 5.74) is 3.66. The molecule has 0 bridgehead atoms. The topological polar surface area (TPSA) is 23.6 Å². The molecule has 1 aliphatic heterocycles. The summed E-state index contributed by atoms with van der Waals surface area (Å²) in [5.74, 6) is 1.33. The van der Waals surface area contributed by atoms with Crippen LogP contribution in [0.3, 0.4) is 0 Å². The Bertz CT molecular complexity index is 763. The molecule has 3 nitrogen and oxygen atoms in total. The number of benzene rings is 2. The minimum atomic E-state index is 0.0991. The van der Waals surface area contributed by atoms with Crippen molar-refractivity contribution in [1.82, 2.24) is 9.80 Å². The fourth-order valence-electron chi connectivity index (χ4n) is 4.13. The second kappa shape index (κ2) is 10.1. The summed E-state index contributed by atoms with van der Waals surface area (Å²) in [6.45, 7) is 9.96. The molecule has 2 atom stereocenters. The van der Waals surface area contributed by atoms with E-state index in [1.807, 2.05) is 18.0 Å². The Hall–Kier alpha value is -2.13. The highest BCUT2D eigenvalue weighted by molar-refractivity contribution is 5.79. The lowest BCUT2D eigenvalue weighted by Gasteiger charge is -2.32. The SMILES string of the molecule is CC(C)[C@H](C)c1ccc(CC(=O)N(C)[C@H](CN2CCCC2)c2ccccc2)cc1. The van der Waals surface area contributed by atoms with E-state index in [0.717, 1.165) is 25.2 Å². The Morgan fingerprint density at radius 1 is 0.931 bits per heavy atom. The average molecular weight is 393 g/mol. The van der Waals surface area contributed by atoms with E-state index in [0.29, 0.717) is 18.3 Å². The highest BCUT2D eigenvalue weighted by Crippen LogP contribution is 2.25. The Balaban J connectivity index is 1.70. The summed E-state index contributed by atoms with van der Waals surface area (Å²) in [6, 6.07) is 19.2. The molecule has 2 aromatic carbocycles. The van der Waals surface area contributed by atoms with Crippen molar-refractivity contribution in [2.45, 2.75) is 52.0 Å². The maximum atomic E-state index is 13.1. The molecule has 1 heterocycles. The van der Waals surface area contributed by atoms with Gasteiger partial charge in [-0.25, -0.2) is 0 Å². The van der Waals surface area contributed by atoms with Crippen LogP contribution in [0.25, 0.3) is 0 Å². The van der Waals surface area contributed by atoms with Crippen LogP contribution in [0.5, 0.6) is 0 Å². The molecule has 156 valence electrons. The molecule has 1 amide bonds. The summed E-state index contributed by atoms with van der Waals surface area (Å²) >= 11 is 0. The van der Waals surface area contributed by atoms with Crippen LogP contribution in [-0.4, -0.2) is 42.4 Å². The van der Waals surface area contributed by atoms with E-state index in [1.165, 1.54) is 24.0 Å². The number of likely N-dealkylation sites (tertiary alicyclic amines) is 1. The van der Waals surface area contributed by atoms with Crippen molar-refractivity contribution < 1.29 is 4.79 Å². The molecular weight excluding hydrogens is 356 g/mol. The van der Waals surface area contributed by atoms with Crippen molar-refractivity contribution in [2.75, 3.05) is 26.7 Å². The number of amides is 1. The first-order valence-electron chi connectivity index (χ1n) is 11.1. The van der Waals surface area contributed by atoms with Gasteiger partial charge in [0.15, 0.2) is 0 Å². The third-order valence-corrected chi connectivity index (χ3v) is 6.54. The molecule has 3 heteroatoms. The molecule has 0 unspecified atom stereocenters. The molecule has 1 saturated heterocycles. The third-order valence-electron chi connectivity index (χ3n) is 6.54. The summed E-state index contributed by atoms with van der Waals surface area (Å²) < 4.78 is 0. The van der Waals surface area contributed by atoms with Crippen molar-refractivity contribution >= 4 is 5.91 Å². The van der Waals surface area contributed by atoms with Gasteiger partial charge in [0.2, 0.25) is 5.91 Å². The van der Waals surface area contributed by atoms with Gasteiger partial charge in [-0.05, 0) is 54.5 Å². The molecule has 1 fully saturated rings. The lowest BCUT2D eigenvalue weighted by atomic mass is 9.90. The van der Waals surface area contributed by atoms with Gasteiger partial charge in [0, 0.05) is 13.6 Å². The first-order chi connectivity index (χ1) is 14.0. The van der Waals surface area contributed by atoms with E-state index in [4.69, 9.17) is 0 Å². The van der Waals surface area contributed by atoms with Crippen LogP contribution in [0.2, 0.25) is 0 Å². The number of carbonyl (C=O) groups is 1. The summed E-state index contributed by atoms with van der Waals surface area (Å²) in [4.78, 5) is 17.6. The lowest BCUT2D eigenvalue weighted by Crippen LogP contribution is -2.39. The number of carbonyl (C=O) groups excluding carboxylic acids is 1. The quantitative estimate of drug-likeness (QED) is 0.610. The minimum Gasteiger partial charge on any atom is -0.337 e. The van der Waals surface area contributed by atoms with Crippen LogP contribution in [0.4, 0.5) is 0 Å². The second-order valence-corrected chi connectivity index (χ2v) is 8.89. The van der Waals surface area contributed by atoms with Crippen LogP contribution in [-0.2, 0) is 11.2 Å². The van der Waals surface area contributed by atoms with Crippen LogP contribution >= 0.6 is 0 Å². The van der Waals surface area contributed by atoms with Gasteiger partial charge in [-0.2, -0.15) is 0 Å². The Labute approximate surface area is 176 Å². The number of likely N-dealkylation sites (N-methyl/N-ethyl adjacent to an activating group) is 1. The van der Waals surface area contributed by atoms with Gasteiger partial charge in [0.25, 0.3) is 0 Å². The molecule has 0 aliphatic carbocycles. The van der Waals surface area contributed by atoms with Crippen LogP contribution in [0.15, 0.2) is 54.6 Å². The zero-order chi connectivity index (χ0) is 20.8. The van der Waals surface area contributed by atoms with E-state index >= 15 is 0 Å². The molecule has 0 N–H and O–H groups in total.